The number of anilines is 3. The van der Waals surface area contributed by atoms with Gasteiger partial charge in [0.1, 0.15) is 0 Å². The van der Waals surface area contributed by atoms with Gasteiger partial charge in [-0.25, -0.2) is 0 Å². The van der Waals surface area contributed by atoms with Crippen LogP contribution >= 0.6 is 0 Å². The molecule has 0 aromatic heterocycles. The van der Waals surface area contributed by atoms with Gasteiger partial charge in [0.15, 0.2) is 0 Å². The average Bonchev–Trinajstić information content (AvgIpc) is 3.32. The summed E-state index contributed by atoms with van der Waals surface area (Å²) < 4.78 is 0. The lowest BCUT2D eigenvalue weighted by Gasteiger charge is -2.31. The molecule has 1 aromatic carbocycles. The highest BCUT2D eigenvalue weighted by atomic mass is 15.2. The highest BCUT2D eigenvalue weighted by Gasteiger charge is 2.17. The Morgan fingerprint density at radius 2 is 1.39 bits per heavy atom. The molecule has 3 fully saturated rings. The third-order valence-electron chi connectivity index (χ3n) is 4.90. The molecule has 0 saturated carbocycles. The number of nitrogens with one attached hydrogen (secondary N) is 2. The van der Waals surface area contributed by atoms with Gasteiger partial charge in [-0.2, -0.15) is 0 Å². The van der Waals surface area contributed by atoms with Crippen LogP contribution in [-0.2, 0) is 0 Å². The average molecular weight is 317 g/mol. The van der Waals surface area contributed by atoms with Crippen LogP contribution in [0.15, 0.2) is 18.2 Å². The molecule has 3 aliphatic rings. The van der Waals surface area contributed by atoms with E-state index in [2.05, 4.69) is 38.6 Å². The van der Waals surface area contributed by atoms with Gasteiger partial charge in [-0.15, -0.1) is 0 Å². The molecule has 0 atom stereocenters. The Hall–Kier alpha value is -1.46. The molecule has 4 N–H and O–H groups in total. The van der Waals surface area contributed by atoms with E-state index in [1.165, 1.54) is 63.2 Å². The molecule has 3 saturated heterocycles. The van der Waals surface area contributed by atoms with Crippen LogP contribution in [0.3, 0.4) is 0 Å². The van der Waals surface area contributed by atoms with Crippen molar-refractivity contribution in [2.24, 2.45) is 0 Å². The monoisotopic (exact) mass is 317 g/mol. The maximum absolute atomic E-state index is 6.14. The number of nitrogens with zero attached hydrogens (tertiary/aromatic N) is 2. The van der Waals surface area contributed by atoms with E-state index in [0.29, 0.717) is 0 Å². The second-order valence-electron chi connectivity index (χ2n) is 6.63. The third-order valence-corrected chi connectivity index (χ3v) is 4.90. The standard InChI is InChI=1S/C14H22N4.C4H9N/c15-13-4-3-12(17-7-1-2-8-17)11-14(13)18-9-5-16-6-10-18;1-2-4-5-3-1/h3-4,11,16H,1-2,5-10,15H2;5H,1-4H2. The van der Waals surface area contributed by atoms with E-state index in [1.54, 1.807) is 0 Å². The first-order valence-corrected chi connectivity index (χ1v) is 9.15. The molecule has 1 aromatic rings. The molecule has 3 heterocycles. The quantitative estimate of drug-likeness (QED) is 0.724. The maximum Gasteiger partial charge on any atom is 0.0621 e. The van der Waals surface area contributed by atoms with E-state index in [-0.39, 0.29) is 0 Å². The summed E-state index contributed by atoms with van der Waals surface area (Å²) in [4.78, 5) is 4.86. The highest BCUT2D eigenvalue weighted by Crippen LogP contribution is 2.30. The van der Waals surface area contributed by atoms with E-state index < -0.39 is 0 Å². The van der Waals surface area contributed by atoms with Crippen molar-refractivity contribution in [1.29, 1.82) is 0 Å². The van der Waals surface area contributed by atoms with Crippen LogP contribution in [0.5, 0.6) is 0 Å². The van der Waals surface area contributed by atoms with Crippen molar-refractivity contribution >= 4 is 17.1 Å². The van der Waals surface area contributed by atoms with Gasteiger partial charge in [-0.1, -0.05) is 0 Å². The molecule has 0 amide bonds. The van der Waals surface area contributed by atoms with Gasteiger partial charge < -0.3 is 26.2 Å². The number of benzene rings is 1. The number of nitrogens with two attached hydrogens (primary N) is 1. The fourth-order valence-electron chi connectivity index (χ4n) is 3.51. The lowest BCUT2D eigenvalue weighted by atomic mass is 10.2. The van der Waals surface area contributed by atoms with E-state index in [9.17, 15) is 0 Å². The molecule has 128 valence electrons. The Balaban J connectivity index is 0.000000267. The van der Waals surface area contributed by atoms with Crippen LogP contribution in [0.2, 0.25) is 0 Å². The number of piperazine rings is 1. The Kier molecular flexibility index (Phi) is 6.00. The lowest BCUT2D eigenvalue weighted by Crippen LogP contribution is -2.43. The molecule has 0 spiro atoms. The zero-order valence-electron chi connectivity index (χ0n) is 14.2. The molecule has 23 heavy (non-hydrogen) atoms. The van der Waals surface area contributed by atoms with E-state index in [4.69, 9.17) is 5.73 Å². The van der Waals surface area contributed by atoms with Crippen LogP contribution in [0, 0.1) is 0 Å². The first kappa shape index (κ1) is 16.4. The van der Waals surface area contributed by atoms with Gasteiger partial charge in [0.25, 0.3) is 0 Å². The first-order chi connectivity index (χ1) is 11.3. The second kappa shape index (κ2) is 8.41. The topological polar surface area (TPSA) is 56.6 Å². The minimum absolute atomic E-state index is 0.903. The summed E-state index contributed by atoms with van der Waals surface area (Å²) in [7, 11) is 0. The van der Waals surface area contributed by atoms with Gasteiger partial charge in [-0.05, 0) is 57.0 Å². The number of hydrogen-bond donors (Lipinski definition) is 3. The summed E-state index contributed by atoms with van der Waals surface area (Å²) in [5, 5.41) is 6.60. The summed E-state index contributed by atoms with van der Waals surface area (Å²) in [6, 6.07) is 6.49. The maximum atomic E-state index is 6.14. The molecular weight excluding hydrogens is 286 g/mol. The fraction of sp³-hybridized carbons (Fsp3) is 0.667. The SMILES string of the molecule is C1CCNC1.Nc1ccc(N2CCCC2)cc1N1CCNCC1. The Morgan fingerprint density at radius 1 is 0.739 bits per heavy atom. The zero-order chi connectivity index (χ0) is 15.9. The number of rotatable bonds is 2. The van der Waals surface area contributed by atoms with Crippen LogP contribution in [0.25, 0.3) is 0 Å². The van der Waals surface area contributed by atoms with Gasteiger partial charge in [0.05, 0.1) is 11.4 Å². The van der Waals surface area contributed by atoms with Gasteiger partial charge in [0, 0.05) is 45.0 Å². The molecule has 0 unspecified atom stereocenters. The van der Waals surface area contributed by atoms with Crippen molar-refractivity contribution in [3.8, 4) is 0 Å². The molecule has 3 aliphatic heterocycles. The van der Waals surface area contributed by atoms with Crippen LogP contribution < -0.4 is 26.2 Å². The van der Waals surface area contributed by atoms with Crippen molar-refractivity contribution in [1.82, 2.24) is 10.6 Å². The largest absolute Gasteiger partial charge is 0.397 e. The molecule has 0 bridgehead atoms. The summed E-state index contributed by atoms with van der Waals surface area (Å²) in [6.45, 7) is 9.07. The van der Waals surface area contributed by atoms with Crippen molar-refractivity contribution in [2.45, 2.75) is 25.7 Å². The molecule has 5 nitrogen and oxygen atoms in total. The summed E-state index contributed by atoms with van der Waals surface area (Å²) in [5.41, 5.74) is 9.58. The molecule has 0 radical (unpaired) electrons. The molecule has 4 rings (SSSR count). The highest BCUT2D eigenvalue weighted by molar-refractivity contribution is 5.73. The first-order valence-electron chi connectivity index (χ1n) is 9.15. The van der Waals surface area contributed by atoms with E-state index >= 15 is 0 Å². The normalized spacial score (nSPS) is 21.2. The Labute approximate surface area is 140 Å². The summed E-state index contributed by atoms with van der Waals surface area (Å²) >= 11 is 0. The minimum atomic E-state index is 0.903. The molecular formula is C18H31N5. The van der Waals surface area contributed by atoms with E-state index in [1.807, 2.05) is 0 Å². The number of hydrogen-bond acceptors (Lipinski definition) is 5. The second-order valence-corrected chi connectivity index (χ2v) is 6.63. The van der Waals surface area contributed by atoms with Crippen molar-refractivity contribution < 1.29 is 0 Å². The van der Waals surface area contributed by atoms with Crippen molar-refractivity contribution in [3.05, 3.63) is 18.2 Å². The summed E-state index contributed by atoms with van der Waals surface area (Å²) in [6.07, 6.45) is 5.40. The van der Waals surface area contributed by atoms with Crippen LogP contribution in [-0.4, -0.2) is 52.4 Å². The Bertz CT molecular complexity index is 467. The number of nitrogen functional groups attached to an aromatic ring is 1. The third kappa shape index (κ3) is 4.52. The van der Waals surface area contributed by atoms with Crippen molar-refractivity contribution in [2.75, 3.05) is 67.9 Å². The summed E-state index contributed by atoms with van der Waals surface area (Å²) in [5.74, 6) is 0. The predicted molar refractivity (Wildman–Crippen MR) is 99.5 cm³/mol. The lowest BCUT2D eigenvalue weighted by molar-refractivity contribution is 0.589. The van der Waals surface area contributed by atoms with Crippen LogP contribution in [0.4, 0.5) is 17.1 Å². The molecule has 5 heteroatoms. The van der Waals surface area contributed by atoms with Gasteiger partial charge in [-0.3, -0.25) is 0 Å². The van der Waals surface area contributed by atoms with Crippen LogP contribution in [0.1, 0.15) is 25.7 Å². The zero-order valence-corrected chi connectivity index (χ0v) is 14.2. The minimum Gasteiger partial charge on any atom is -0.397 e. The Morgan fingerprint density at radius 3 is 2.00 bits per heavy atom. The van der Waals surface area contributed by atoms with E-state index in [0.717, 1.165) is 31.9 Å². The smallest absolute Gasteiger partial charge is 0.0621 e. The van der Waals surface area contributed by atoms with Crippen molar-refractivity contribution in [3.63, 3.8) is 0 Å². The van der Waals surface area contributed by atoms with Gasteiger partial charge in [0.2, 0.25) is 0 Å². The molecule has 0 aliphatic carbocycles. The predicted octanol–water partition coefficient (Wildman–Crippen LogP) is 1.65. The fourth-order valence-corrected chi connectivity index (χ4v) is 3.51. The van der Waals surface area contributed by atoms with Gasteiger partial charge >= 0.3 is 0 Å².